The largest absolute Gasteiger partial charge is 0.467 e. The molecule has 8 heteroatoms. The Labute approximate surface area is 181 Å². The molecule has 1 aromatic carbocycles. The molecule has 1 saturated heterocycles. The first-order valence-electron chi connectivity index (χ1n) is 10.4. The first kappa shape index (κ1) is 20.7. The third-order valence-corrected chi connectivity index (χ3v) is 5.69. The van der Waals surface area contributed by atoms with Gasteiger partial charge in [0.15, 0.2) is 0 Å². The monoisotopic (exact) mass is 421 g/mol. The summed E-state index contributed by atoms with van der Waals surface area (Å²) in [6.07, 6.45) is 3.23. The zero-order chi connectivity index (χ0) is 21.8. The highest BCUT2D eigenvalue weighted by molar-refractivity contribution is 5.94. The second-order valence-electron chi connectivity index (χ2n) is 7.98. The Morgan fingerprint density at radius 1 is 1.19 bits per heavy atom. The van der Waals surface area contributed by atoms with Crippen LogP contribution in [0, 0.1) is 0 Å². The summed E-state index contributed by atoms with van der Waals surface area (Å²) in [6, 6.07) is 13.1. The number of anilines is 1. The van der Waals surface area contributed by atoms with Crippen LogP contribution >= 0.6 is 0 Å². The maximum atomic E-state index is 12.8. The van der Waals surface area contributed by atoms with Crippen molar-refractivity contribution in [3.05, 3.63) is 71.4 Å². The van der Waals surface area contributed by atoms with Crippen molar-refractivity contribution in [3.8, 4) is 0 Å². The summed E-state index contributed by atoms with van der Waals surface area (Å²) in [5.41, 5.74) is 3.08. The molecule has 2 aromatic heterocycles. The Morgan fingerprint density at radius 2 is 1.94 bits per heavy atom. The number of aromatic amines is 1. The quantitative estimate of drug-likeness (QED) is 0.638. The highest BCUT2D eigenvalue weighted by Crippen LogP contribution is 2.28. The molecule has 4 rings (SSSR count). The third kappa shape index (κ3) is 4.79. The van der Waals surface area contributed by atoms with Crippen molar-refractivity contribution in [2.75, 3.05) is 32.1 Å². The van der Waals surface area contributed by atoms with Crippen LogP contribution in [-0.2, 0) is 6.54 Å². The van der Waals surface area contributed by atoms with Gasteiger partial charge in [-0.25, -0.2) is 0 Å². The molecule has 1 fully saturated rings. The van der Waals surface area contributed by atoms with Crippen LogP contribution < -0.4 is 10.2 Å². The van der Waals surface area contributed by atoms with Gasteiger partial charge in [-0.05, 0) is 55.3 Å². The van der Waals surface area contributed by atoms with Crippen molar-refractivity contribution >= 4 is 17.5 Å². The lowest BCUT2D eigenvalue weighted by atomic mass is 9.93. The number of rotatable bonds is 6. The lowest BCUT2D eigenvalue weighted by Crippen LogP contribution is -2.38. The molecule has 3 aromatic rings. The molecule has 31 heavy (non-hydrogen) atoms. The summed E-state index contributed by atoms with van der Waals surface area (Å²) in [5.74, 6) is 0.760. The van der Waals surface area contributed by atoms with Crippen LogP contribution in [0.5, 0.6) is 0 Å². The maximum absolute atomic E-state index is 12.8. The van der Waals surface area contributed by atoms with E-state index in [2.05, 4.69) is 15.5 Å². The van der Waals surface area contributed by atoms with Crippen molar-refractivity contribution < 1.29 is 14.0 Å². The van der Waals surface area contributed by atoms with Gasteiger partial charge in [0.2, 0.25) is 0 Å². The zero-order valence-electron chi connectivity index (χ0n) is 17.8. The second kappa shape index (κ2) is 9.07. The summed E-state index contributed by atoms with van der Waals surface area (Å²) in [7, 11) is 3.95. The van der Waals surface area contributed by atoms with Crippen LogP contribution in [-0.4, -0.2) is 54.1 Å². The molecule has 0 atom stereocenters. The topological polar surface area (TPSA) is 94.5 Å². The number of nitrogens with zero attached hydrogens (tertiary/aromatic N) is 3. The minimum atomic E-state index is -0.243. The Kier molecular flexibility index (Phi) is 6.06. The number of piperidine rings is 1. The van der Waals surface area contributed by atoms with Gasteiger partial charge in [-0.1, -0.05) is 0 Å². The molecule has 1 aliphatic rings. The lowest BCUT2D eigenvalue weighted by molar-refractivity contribution is 0.0712. The van der Waals surface area contributed by atoms with Crippen molar-refractivity contribution in [2.45, 2.75) is 25.3 Å². The van der Waals surface area contributed by atoms with E-state index in [1.54, 1.807) is 18.4 Å². The Morgan fingerprint density at radius 3 is 2.58 bits per heavy atom. The third-order valence-electron chi connectivity index (χ3n) is 5.69. The van der Waals surface area contributed by atoms with Crippen molar-refractivity contribution in [2.24, 2.45) is 0 Å². The fraction of sp³-hybridized carbons (Fsp3) is 0.348. The average molecular weight is 422 g/mol. The molecule has 0 aliphatic carbocycles. The van der Waals surface area contributed by atoms with Gasteiger partial charge in [0, 0.05) is 50.0 Å². The summed E-state index contributed by atoms with van der Waals surface area (Å²) in [5, 5.41) is 9.96. The van der Waals surface area contributed by atoms with Gasteiger partial charge in [0.05, 0.1) is 12.8 Å². The van der Waals surface area contributed by atoms with Crippen LogP contribution in [0.25, 0.3) is 0 Å². The van der Waals surface area contributed by atoms with Gasteiger partial charge in [0.25, 0.3) is 11.8 Å². The zero-order valence-corrected chi connectivity index (χ0v) is 17.8. The minimum Gasteiger partial charge on any atom is -0.467 e. The number of carbonyl (C=O) groups is 2. The molecule has 0 radical (unpaired) electrons. The van der Waals surface area contributed by atoms with Gasteiger partial charge in [-0.3, -0.25) is 14.7 Å². The van der Waals surface area contributed by atoms with Gasteiger partial charge in [-0.2, -0.15) is 5.10 Å². The molecule has 8 nitrogen and oxygen atoms in total. The van der Waals surface area contributed by atoms with E-state index in [1.165, 1.54) is 0 Å². The number of aromatic nitrogens is 2. The predicted octanol–water partition coefficient (Wildman–Crippen LogP) is 3.02. The number of carbonyl (C=O) groups excluding carboxylic acids is 2. The van der Waals surface area contributed by atoms with Crippen LogP contribution in [0.15, 0.2) is 53.1 Å². The number of amides is 2. The molecular formula is C23H27N5O3. The van der Waals surface area contributed by atoms with Gasteiger partial charge in [-0.15, -0.1) is 0 Å². The summed E-state index contributed by atoms with van der Waals surface area (Å²) >= 11 is 0. The first-order valence-corrected chi connectivity index (χ1v) is 10.4. The maximum Gasteiger partial charge on any atom is 0.272 e. The van der Waals surface area contributed by atoms with E-state index >= 15 is 0 Å². The number of benzene rings is 1. The molecule has 0 unspecified atom stereocenters. The molecular weight excluding hydrogens is 394 g/mol. The molecule has 0 bridgehead atoms. The lowest BCUT2D eigenvalue weighted by Gasteiger charge is -2.31. The Bertz CT molecular complexity index is 1020. The van der Waals surface area contributed by atoms with Gasteiger partial charge >= 0.3 is 0 Å². The van der Waals surface area contributed by atoms with Crippen molar-refractivity contribution in [3.63, 3.8) is 0 Å². The predicted molar refractivity (Wildman–Crippen MR) is 117 cm³/mol. The number of furan rings is 1. The smallest absolute Gasteiger partial charge is 0.272 e. The van der Waals surface area contributed by atoms with Crippen molar-refractivity contribution in [1.82, 2.24) is 20.4 Å². The van der Waals surface area contributed by atoms with E-state index in [4.69, 9.17) is 4.42 Å². The summed E-state index contributed by atoms with van der Waals surface area (Å²) < 4.78 is 5.22. The Hall–Kier alpha value is -3.55. The van der Waals surface area contributed by atoms with E-state index in [0.717, 1.165) is 24.2 Å². The number of hydrogen-bond acceptors (Lipinski definition) is 5. The number of nitrogens with one attached hydrogen (secondary N) is 2. The van der Waals surface area contributed by atoms with Crippen LogP contribution in [0.1, 0.15) is 51.1 Å². The van der Waals surface area contributed by atoms with Crippen LogP contribution in [0.2, 0.25) is 0 Å². The van der Waals surface area contributed by atoms with E-state index in [-0.39, 0.29) is 17.7 Å². The number of likely N-dealkylation sites (tertiary alicyclic amines) is 1. The molecule has 2 amide bonds. The van der Waals surface area contributed by atoms with Crippen LogP contribution in [0.3, 0.4) is 0 Å². The van der Waals surface area contributed by atoms with E-state index in [1.807, 2.05) is 54.2 Å². The molecule has 3 heterocycles. The van der Waals surface area contributed by atoms with Crippen LogP contribution in [0.4, 0.5) is 5.69 Å². The van der Waals surface area contributed by atoms with E-state index in [0.29, 0.717) is 36.7 Å². The highest BCUT2D eigenvalue weighted by atomic mass is 16.3. The van der Waals surface area contributed by atoms with Crippen molar-refractivity contribution in [1.29, 1.82) is 0 Å². The van der Waals surface area contributed by atoms with Gasteiger partial charge < -0.3 is 19.5 Å². The number of H-pyrrole nitrogens is 1. The molecule has 0 saturated carbocycles. The summed E-state index contributed by atoms with van der Waals surface area (Å²) in [4.78, 5) is 29.0. The normalized spacial score (nSPS) is 14.5. The molecule has 0 spiro atoms. The second-order valence-corrected chi connectivity index (χ2v) is 7.98. The molecule has 162 valence electrons. The SMILES string of the molecule is CN(C)c1ccc(C(=O)N2CCC(c3cc(C(=O)NCc4ccco4)n[nH]3)CC2)cc1. The fourth-order valence-electron chi connectivity index (χ4n) is 3.81. The average Bonchev–Trinajstić information content (AvgIpc) is 3.49. The van der Waals surface area contributed by atoms with Gasteiger partial charge in [0.1, 0.15) is 11.5 Å². The summed E-state index contributed by atoms with van der Waals surface area (Å²) in [6.45, 7) is 1.68. The molecule has 1 aliphatic heterocycles. The standard InChI is InChI=1S/C23H27N5O3/c1-27(2)18-7-5-17(6-8-18)23(30)28-11-9-16(10-12-28)20-14-21(26-25-20)22(29)24-15-19-4-3-13-31-19/h3-8,13-14,16H,9-12,15H2,1-2H3,(H,24,29)(H,25,26). The molecule has 2 N–H and O–H groups in total. The van der Waals surface area contributed by atoms with E-state index in [9.17, 15) is 9.59 Å². The van der Waals surface area contributed by atoms with E-state index < -0.39 is 0 Å². The number of hydrogen-bond donors (Lipinski definition) is 2. The Balaban J connectivity index is 1.30. The highest BCUT2D eigenvalue weighted by Gasteiger charge is 2.26. The fourth-order valence-corrected chi connectivity index (χ4v) is 3.81. The first-order chi connectivity index (χ1) is 15.0. The minimum absolute atomic E-state index is 0.0614.